The van der Waals surface area contributed by atoms with E-state index in [1.54, 1.807) is 12.1 Å². The Morgan fingerprint density at radius 2 is 2.15 bits per heavy atom. The SMILES string of the molecule is COc1ccc(Oc2ccc(CO)cn2)c([N+](=O)[O-])c1. The number of hydrogen-bond donors (Lipinski definition) is 1. The van der Waals surface area contributed by atoms with Crippen molar-refractivity contribution in [2.45, 2.75) is 6.61 Å². The lowest BCUT2D eigenvalue weighted by atomic mass is 10.2. The van der Waals surface area contributed by atoms with Crippen molar-refractivity contribution in [3.05, 3.63) is 52.2 Å². The van der Waals surface area contributed by atoms with Crippen LogP contribution in [0.15, 0.2) is 36.5 Å². The zero-order valence-electron chi connectivity index (χ0n) is 10.6. The third kappa shape index (κ3) is 3.01. The molecule has 0 spiro atoms. The molecule has 7 heteroatoms. The molecule has 0 aliphatic heterocycles. The van der Waals surface area contributed by atoms with Gasteiger partial charge < -0.3 is 14.6 Å². The maximum Gasteiger partial charge on any atom is 0.315 e. The summed E-state index contributed by atoms with van der Waals surface area (Å²) >= 11 is 0. The van der Waals surface area contributed by atoms with Gasteiger partial charge in [-0.25, -0.2) is 4.98 Å². The molecule has 1 aromatic heterocycles. The molecule has 2 aromatic rings. The summed E-state index contributed by atoms with van der Waals surface area (Å²) in [6.07, 6.45) is 1.44. The monoisotopic (exact) mass is 276 g/mol. The Balaban J connectivity index is 2.29. The zero-order valence-corrected chi connectivity index (χ0v) is 10.6. The number of pyridine rings is 1. The molecule has 0 amide bonds. The second-order valence-corrected chi connectivity index (χ2v) is 3.86. The van der Waals surface area contributed by atoms with Crippen LogP contribution >= 0.6 is 0 Å². The van der Waals surface area contributed by atoms with Crippen molar-refractivity contribution in [3.63, 3.8) is 0 Å². The lowest BCUT2D eigenvalue weighted by Gasteiger charge is -2.07. The number of aromatic nitrogens is 1. The van der Waals surface area contributed by atoms with Crippen molar-refractivity contribution in [2.75, 3.05) is 7.11 Å². The number of rotatable bonds is 5. The first kappa shape index (κ1) is 13.8. The van der Waals surface area contributed by atoms with E-state index in [9.17, 15) is 10.1 Å². The number of methoxy groups -OCH3 is 1. The fraction of sp³-hybridized carbons (Fsp3) is 0.154. The summed E-state index contributed by atoms with van der Waals surface area (Å²) in [5, 5.41) is 19.9. The summed E-state index contributed by atoms with van der Waals surface area (Å²) < 4.78 is 10.3. The van der Waals surface area contributed by atoms with Crippen molar-refractivity contribution in [1.82, 2.24) is 4.98 Å². The molecule has 0 atom stereocenters. The molecule has 0 unspecified atom stereocenters. The Kier molecular flexibility index (Phi) is 4.11. The van der Waals surface area contributed by atoms with Crippen LogP contribution < -0.4 is 9.47 Å². The molecule has 7 nitrogen and oxygen atoms in total. The predicted molar refractivity (Wildman–Crippen MR) is 69.9 cm³/mol. The number of nitro groups is 1. The molecule has 0 fully saturated rings. The van der Waals surface area contributed by atoms with Crippen LogP contribution in [-0.4, -0.2) is 22.1 Å². The number of nitrogens with zero attached hydrogens (tertiary/aromatic N) is 2. The first-order valence-electron chi connectivity index (χ1n) is 5.70. The maximum absolute atomic E-state index is 11.0. The van der Waals surface area contributed by atoms with E-state index in [-0.39, 0.29) is 23.9 Å². The molecule has 0 saturated heterocycles. The van der Waals surface area contributed by atoms with Gasteiger partial charge in [0.25, 0.3) is 0 Å². The van der Waals surface area contributed by atoms with E-state index in [0.29, 0.717) is 11.3 Å². The van der Waals surface area contributed by atoms with Crippen LogP contribution in [0.2, 0.25) is 0 Å². The fourth-order valence-corrected chi connectivity index (χ4v) is 1.53. The highest BCUT2D eigenvalue weighted by molar-refractivity contribution is 5.52. The lowest BCUT2D eigenvalue weighted by Crippen LogP contribution is -1.96. The topological polar surface area (TPSA) is 94.7 Å². The minimum absolute atomic E-state index is 0.0695. The summed E-state index contributed by atoms with van der Waals surface area (Å²) in [5.74, 6) is 0.642. The Morgan fingerprint density at radius 1 is 1.35 bits per heavy atom. The average Bonchev–Trinajstić information content (AvgIpc) is 2.48. The number of benzene rings is 1. The minimum Gasteiger partial charge on any atom is -0.496 e. The summed E-state index contributed by atoms with van der Waals surface area (Å²) in [7, 11) is 1.43. The van der Waals surface area contributed by atoms with Gasteiger partial charge in [-0.3, -0.25) is 10.1 Å². The second-order valence-electron chi connectivity index (χ2n) is 3.86. The summed E-state index contributed by atoms with van der Waals surface area (Å²) in [6.45, 7) is -0.129. The first-order valence-corrected chi connectivity index (χ1v) is 5.70. The van der Waals surface area contributed by atoms with Gasteiger partial charge in [-0.1, -0.05) is 0 Å². The average molecular weight is 276 g/mol. The third-order valence-corrected chi connectivity index (χ3v) is 2.56. The van der Waals surface area contributed by atoms with Gasteiger partial charge in [-0.05, 0) is 23.8 Å². The predicted octanol–water partition coefficient (Wildman–Crippen LogP) is 2.28. The molecule has 1 heterocycles. The quantitative estimate of drug-likeness (QED) is 0.665. The van der Waals surface area contributed by atoms with E-state index in [4.69, 9.17) is 14.6 Å². The summed E-state index contributed by atoms with van der Waals surface area (Å²) in [5.41, 5.74) is 0.416. The molecule has 0 saturated carbocycles. The Labute approximate surface area is 114 Å². The van der Waals surface area contributed by atoms with E-state index in [1.807, 2.05) is 0 Å². The molecular formula is C13H12N2O5. The zero-order chi connectivity index (χ0) is 14.5. The van der Waals surface area contributed by atoms with Gasteiger partial charge in [-0.2, -0.15) is 0 Å². The minimum atomic E-state index is -0.556. The highest BCUT2D eigenvalue weighted by atomic mass is 16.6. The van der Waals surface area contributed by atoms with Crippen LogP contribution in [-0.2, 0) is 6.61 Å². The summed E-state index contributed by atoms with van der Waals surface area (Å²) in [6, 6.07) is 7.43. The Hall–Kier alpha value is -2.67. The normalized spacial score (nSPS) is 10.1. The molecule has 1 N–H and O–H groups in total. The van der Waals surface area contributed by atoms with Crippen LogP contribution in [0, 0.1) is 10.1 Å². The van der Waals surface area contributed by atoms with Crippen LogP contribution in [0.5, 0.6) is 17.4 Å². The van der Waals surface area contributed by atoms with E-state index >= 15 is 0 Å². The van der Waals surface area contributed by atoms with Gasteiger partial charge in [0.05, 0.1) is 24.7 Å². The van der Waals surface area contributed by atoms with Crippen LogP contribution in [0.4, 0.5) is 5.69 Å². The van der Waals surface area contributed by atoms with Crippen molar-refractivity contribution in [3.8, 4) is 17.4 Å². The number of aliphatic hydroxyl groups is 1. The molecule has 0 bridgehead atoms. The van der Waals surface area contributed by atoms with E-state index in [0.717, 1.165) is 0 Å². The molecular weight excluding hydrogens is 264 g/mol. The number of ether oxygens (including phenoxy) is 2. The standard InChI is InChI=1S/C13H12N2O5/c1-19-10-3-4-12(11(6-10)15(17)18)20-13-5-2-9(8-16)7-14-13/h2-7,16H,8H2,1H3. The van der Waals surface area contributed by atoms with E-state index < -0.39 is 4.92 Å². The lowest BCUT2D eigenvalue weighted by molar-refractivity contribution is -0.385. The van der Waals surface area contributed by atoms with Crippen molar-refractivity contribution >= 4 is 5.69 Å². The van der Waals surface area contributed by atoms with Crippen molar-refractivity contribution < 1.29 is 19.5 Å². The molecule has 0 aliphatic carbocycles. The maximum atomic E-state index is 11.0. The first-order chi connectivity index (χ1) is 9.63. The van der Waals surface area contributed by atoms with Crippen molar-refractivity contribution in [1.29, 1.82) is 0 Å². The fourth-order valence-electron chi connectivity index (χ4n) is 1.53. The Bertz CT molecular complexity index is 613. The Morgan fingerprint density at radius 3 is 2.70 bits per heavy atom. The van der Waals surface area contributed by atoms with Crippen molar-refractivity contribution in [2.24, 2.45) is 0 Å². The molecule has 20 heavy (non-hydrogen) atoms. The van der Waals surface area contributed by atoms with Gasteiger partial charge in [-0.15, -0.1) is 0 Å². The highest BCUT2D eigenvalue weighted by Crippen LogP contribution is 2.33. The van der Waals surface area contributed by atoms with Crippen LogP contribution in [0.25, 0.3) is 0 Å². The van der Waals surface area contributed by atoms with Gasteiger partial charge in [0.1, 0.15) is 5.75 Å². The summed E-state index contributed by atoms with van der Waals surface area (Å²) in [4.78, 5) is 14.4. The molecule has 0 aliphatic rings. The molecule has 2 rings (SSSR count). The second kappa shape index (κ2) is 5.98. The van der Waals surface area contributed by atoms with Crippen LogP contribution in [0.1, 0.15) is 5.56 Å². The highest BCUT2D eigenvalue weighted by Gasteiger charge is 2.17. The van der Waals surface area contributed by atoms with Gasteiger partial charge in [0.15, 0.2) is 0 Å². The number of hydrogen-bond acceptors (Lipinski definition) is 6. The van der Waals surface area contributed by atoms with Gasteiger partial charge in [0.2, 0.25) is 11.6 Å². The molecule has 1 aromatic carbocycles. The van der Waals surface area contributed by atoms with E-state index in [2.05, 4.69) is 4.98 Å². The van der Waals surface area contributed by atoms with Crippen LogP contribution in [0.3, 0.4) is 0 Å². The largest absolute Gasteiger partial charge is 0.496 e. The van der Waals surface area contributed by atoms with E-state index in [1.165, 1.54) is 31.5 Å². The number of nitro benzene ring substituents is 1. The molecule has 104 valence electrons. The molecule has 0 radical (unpaired) electrons. The third-order valence-electron chi connectivity index (χ3n) is 2.56. The number of aliphatic hydroxyl groups excluding tert-OH is 1. The van der Waals surface area contributed by atoms with Gasteiger partial charge in [0, 0.05) is 12.3 Å². The smallest absolute Gasteiger partial charge is 0.315 e. The van der Waals surface area contributed by atoms with Gasteiger partial charge >= 0.3 is 5.69 Å².